The maximum Gasteiger partial charge on any atom is 0.166 e. The molecule has 0 bridgehead atoms. The molecule has 7 rings (SSSR count). The Morgan fingerprint density at radius 2 is 0.976 bits per heavy atom. The van der Waals surface area contributed by atoms with Crippen molar-refractivity contribution < 1.29 is 0 Å². The van der Waals surface area contributed by atoms with Crippen LogP contribution < -0.4 is 20.6 Å². The highest BCUT2D eigenvalue weighted by Crippen LogP contribution is 2.62. The van der Waals surface area contributed by atoms with Gasteiger partial charge in [0.1, 0.15) is 15.9 Å². The molecule has 0 saturated carbocycles. The third-order valence-corrected chi connectivity index (χ3v) is 11.8. The number of hydrogen-bond acceptors (Lipinski definition) is 2. The lowest BCUT2D eigenvalue weighted by atomic mass is 10.0. The Morgan fingerprint density at radius 3 is 1.55 bits per heavy atom. The van der Waals surface area contributed by atoms with Crippen LogP contribution in [0.3, 0.4) is 0 Å². The number of para-hydroxylation sites is 2. The summed E-state index contributed by atoms with van der Waals surface area (Å²) >= 11 is 0. The van der Waals surface area contributed by atoms with Crippen LogP contribution in [-0.4, -0.2) is 5.96 Å². The van der Waals surface area contributed by atoms with Crippen LogP contribution in [0.25, 0.3) is 16.4 Å². The van der Waals surface area contributed by atoms with E-state index in [0.717, 1.165) is 28.2 Å². The predicted molar refractivity (Wildman–Crippen MR) is 181 cm³/mol. The van der Waals surface area contributed by atoms with E-state index in [1.165, 1.54) is 21.5 Å². The summed E-state index contributed by atoms with van der Waals surface area (Å²) in [6.07, 6.45) is 0. The van der Waals surface area contributed by atoms with Crippen LogP contribution in [0.1, 0.15) is 5.56 Å². The van der Waals surface area contributed by atoms with Crippen LogP contribution in [0, 0.1) is 6.92 Å². The Hall–Kier alpha value is -4.98. The number of guanidine groups is 1. The fourth-order valence-electron chi connectivity index (χ4n) is 5.77. The summed E-state index contributed by atoms with van der Waals surface area (Å²) in [7, 11) is -2.60. The minimum absolute atomic E-state index is 0.668. The fraction of sp³-hybridized carbons (Fsp3) is 0.0263. The smallest absolute Gasteiger partial charge is 0.166 e. The topological polar surface area (TPSA) is 29.7 Å². The van der Waals surface area contributed by atoms with Crippen molar-refractivity contribution in [2.24, 2.45) is 4.99 Å². The molecule has 0 aromatic heterocycles. The lowest BCUT2D eigenvalue weighted by molar-refractivity contribution is 1.39. The van der Waals surface area contributed by atoms with E-state index in [1.807, 2.05) is 0 Å². The number of fused-ring (bicyclic) bond motifs is 3. The zero-order valence-corrected chi connectivity index (χ0v) is 24.3. The van der Waals surface area contributed by atoms with Gasteiger partial charge < -0.3 is 10.3 Å². The largest absolute Gasteiger partial charge is 0.356 e. The van der Waals surface area contributed by atoms with E-state index >= 15 is 0 Å². The van der Waals surface area contributed by atoms with Gasteiger partial charge in [0.05, 0.1) is 5.96 Å². The second-order valence-electron chi connectivity index (χ2n) is 10.3. The number of anilines is 1. The van der Waals surface area contributed by atoms with Crippen molar-refractivity contribution >= 4 is 46.3 Å². The number of aryl methyl sites for hydroxylation is 1. The first-order chi connectivity index (χ1) is 20.7. The van der Waals surface area contributed by atoms with E-state index in [9.17, 15) is 0 Å². The van der Waals surface area contributed by atoms with Gasteiger partial charge in [-0.15, -0.1) is 0 Å². The van der Waals surface area contributed by atoms with Crippen molar-refractivity contribution in [3.63, 3.8) is 0 Å². The van der Waals surface area contributed by atoms with Gasteiger partial charge in [0.15, 0.2) is 7.41 Å². The van der Waals surface area contributed by atoms with Crippen molar-refractivity contribution in [2.45, 2.75) is 6.92 Å². The van der Waals surface area contributed by atoms with E-state index in [-0.39, 0.29) is 0 Å². The van der Waals surface area contributed by atoms with Crippen molar-refractivity contribution in [3.8, 4) is 11.1 Å². The normalized spacial score (nSPS) is 12.3. The van der Waals surface area contributed by atoms with E-state index in [0.29, 0.717) is 5.96 Å². The lowest BCUT2D eigenvalue weighted by Crippen LogP contribution is -2.46. The summed E-state index contributed by atoms with van der Waals surface area (Å²) < 4.78 is 2.44. The fourth-order valence-corrected chi connectivity index (χ4v) is 10.0. The molecule has 0 radical (unpaired) electrons. The van der Waals surface area contributed by atoms with Gasteiger partial charge in [-0.2, -0.15) is 0 Å². The van der Waals surface area contributed by atoms with E-state index < -0.39 is 7.41 Å². The molecule has 1 aliphatic heterocycles. The highest BCUT2D eigenvalue weighted by molar-refractivity contribution is 7.97. The van der Waals surface area contributed by atoms with Gasteiger partial charge in [-0.1, -0.05) is 121 Å². The second-order valence-corrected chi connectivity index (χ2v) is 13.6. The molecule has 6 aromatic rings. The molecule has 0 unspecified atom stereocenters. The van der Waals surface area contributed by atoms with Gasteiger partial charge in [0, 0.05) is 17.1 Å². The first-order valence-electron chi connectivity index (χ1n) is 14.2. The average Bonchev–Trinajstić information content (AvgIpc) is 3.22. The van der Waals surface area contributed by atoms with E-state index in [2.05, 4.69) is 175 Å². The summed E-state index contributed by atoms with van der Waals surface area (Å²) in [5.74, 6) is 0.668. The van der Waals surface area contributed by atoms with Crippen LogP contribution in [0.15, 0.2) is 169 Å². The van der Waals surface area contributed by atoms with Gasteiger partial charge in [-0.3, -0.25) is 4.67 Å². The Labute approximate surface area is 248 Å². The summed E-state index contributed by atoms with van der Waals surface area (Å²) in [5.41, 5.74) is 6.23. The van der Waals surface area contributed by atoms with Crippen LogP contribution >= 0.6 is 7.41 Å². The van der Waals surface area contributed by atoms with Crippen LogP contribution in [-0.2, 0) is 0 Å². The van der Waals surface area contributed by atoms with Gasteiger partial charge in [0.25, 0.3) is 0 Å². The second kappa shape index (κ2) is 11.1. The number of hydrogen-bond donors (Lipinski definition) is 0. The monoisotopic (exact) mass is 559 g/mol. The minimum atomic E-state index is -2.60. The summed E-state index contributed by atoms with van der Waals surface area (Å²) in [6, 6.07) is 58.1. The maximum absolute atomic E-state index is 5.40. The van der Waals surface area contributed by atoms with E-state index in [4.69, 9.17) is 10.3 Å². The number of rotatable bonds is 5. The standard InChI is InChI=1S/C38H30N3P/c1-29-25-27-30(28-26-29)41(38-39-36-23-13-11-21-34(36)35-22-12-14-24-37(35)40-38)42(31-15-5-2-6-16-31,32-17-7-3-8-18-32)33-19-9-4-10-20-33/h2-28H,1H3. The van der Waals surface area contributed by atoms with Crippen molar-refractivity contribution in [2.75, 3.05) is 4.67 Å². The summed E-state index contributed by atoms with van der Waals surface area (Å²) in [5, 5.41) is 9.08. The molecule has 0 spiro atoms. The maximum atomic E-state index is 5.40. The molecule has 0 fully saturated rings. The Morgan fingerprint density at radius 1 is 0.500 bits per heavy atom. The van der Waals surface area contributed by atoms with Crippen molar-refractivity contribution in [3.05, 3.63) is 175 Å². The number of benzene rings is 6. The molecule has 0 N–H and O–H groups in total. The summed E-state index contributed by atoms with van der Waals surface area (Å²) in [6.45, 7) is 2.13. The third kappa shape index (κ3) is 4.49. The molecule has 6 aromatic carbocycles. The first-order valence-corrected chi connectivity index (χ1v) is 15.9. The molecule has 1 heterocycles. The van der Waals surface area contributed by atoms with Crippen LogP contribution in [0.4, 0.5) is 17.1 Å². The average molecular weight is 560 g/mol. The molecular weight excluding hydrogens is 529 g/mol. The molecule has 0 atom stereocenters. The van der Waals surface area contributed by atoms with Gasteiger partial charge in [0.2, 0.25) is 0 Å². The number of aliphatic imine (C=N–C) groups is 1. The molecular formula is C38H30N3P. The van der Waals surface area contributed by atoms with Gasteiger partial charge >= 0.3 is 0 Å². The highest BCUT2D eigenvalue weighted by Gasteiger charge is 2.50. The molecule has 0 amide bonds. The molecule has 3 nitrogen and oxygen atoms in total. The molecule has 1 aliphatic rings. The lowest BCUT2D eigenvalue weighted by Gasteiger charge is -2.44. The highest BCUT2D eigenvalue weighted by atomic mass is 31.2. The molecule has 42 heavy (non-hydrogen) atoms. The van der Waals surface area contributed by atoms with Crippen LogP contribution in [0.5, 0.6) is 0 Å². The third-order valence-electron chi connectivity index (χ3n) is 7.70. The molecule has 202 valence electrons. The predicted octanol–water partition coefficient (Wildman–Crippen LogP) is 9.08. The summed E-state index contributed by atoms with van der Waals surface area (Å²) in [4.78, 5) is 5.40. The van der Waals surface area contributed by atoms with Gasteiger partial charge in [-0.05, 0) is 66.6 Å². The quantitative estimate of drug-likeness (QED) is 0.194. The van der Waals surface area contributed by atoms with E-state index in [1.54, 1.807) is 0 Å². The zero-order chi connectivity index (χ0) is 28.4. The van der Waals surface area contributed by atoms with Gasteiger partial charge in [-0.25, -0.2) is 0 Å². The molecule has 0 saturated heterocycles. The van der Waals surface area contributed by atoms with Crippen LogP contribution in [0.2, 0.25) is 0 Å². The molecule has 4 heteroatoms. The molecule has 0 aliphatic carbocycles. The first kappa shape index (κ1) is 26.0. The Bertz CT molecular complexity index is 1750. The number of nitrogens with zero attached hydrogens (tertiary/aromatic N) is 3. The minimum Gasteiger partial charge on any atom is -0.356 e. The zero-order valence-electron chi connectivity index (χ0n) is 23.4. The Kier molecular flexibility index (Phi) is 6.87. The SMILES string of the molecule is Cc1ccc(N(C2=Nc3ccccc3-c3ccccc3[N-]2)[P+](c2ccccc2)(c2ccccc2)c2ccccc2)cc1. The Balaban J connectivity index is 1.62. The van der Waals surface area contributed by atoms with Crippen molar-refractivity contribution in [1.82, 2.24) is 0 Å². The van der Waals surface area contributed by atoms with Crippen molar-refractivity contribution in [1.29, 1.82) is 0 Å².